The van der Waals surface area contributed by atoms with Crippen LogP contribution in [0.4, 0.5) is 11.4 Å². The van der Waals surface area contributed by atoms with E-state index in [9.17, 15) is 0 Å². The lowest BCUT2D eigenvalue weighted by molar-refractivity contribution is 1.41. The molecule has 0 aliphatic heterocycles. The second-order valence-corrected chi connectivity index (χ2v) is 4.91. The molecule has 0 bridgehead atoms. The van der Waals surface area contributed by atoms with Crippen LogP contribution in [-0.4, -0.2) is 0 Å². The quantitative estimate of drug-likeness (QED) is 0.800. The van der Waals surface area contributed by atoms with Crippen molar-refractivity contribution in [1.29, 1.82) is 0 Å². The third-order valence-corrected chi connectivity index (χ3v) is 3.43. The Balaban J connectivity index is 2.23. The van der Waals surface area contributed by atoms with Gasteiger partial charge in [-0.05, 0) is 42.5 Å². The maximum Gasteiger partial charge on any atom is 0.0476 e. The Kier molecular flexibility index (Phi) is 3.27. The Bertz CT molecular complexity index is 497. The summed E-state index contributed by atoms with van der Waals surface area (Å²) < 4.78 is 0. The van der Waals surface area contributed by atoms with E-state index in [1.807, 2.05) is 36.4 Å². The number of anilines is 2. The Labute approximate surface area is 104 Å². The summed E-state index contributed by atoms with van der Waals surface area (Å²) in [5.74, 6) is 0. The van der Waals surface area contributed by atoms with Gasteiger partial charge in [0, 0.05) is 26.2 Å². The smallest absolute Gasteiger partial charge is 0.0476 e. The Morgan fingerprint density at radius 2 is 1.62 bits per heavy atom. The molecule has 0 amide bonds. The predicted molar refractivity (Wildman–Crippen MR) is 70.8 cm³/mol. The second-order valence-electron chi connectivity index (χ2n) is 3.35. The van der Waals surface area contributed by atoms with Gasteiger partial charge in [-0.25, -0.2) is 0 Å². The number of nitrogen functional groups attached to an aromatic ring is 2. The summed E-state index contributed by atoms with van der Waals surface area (Å²) in [6.07, 6.45) is 0. The number of hydrogen-bond acceptors (Lipinski definition) is 3. The van der Waals surface area contributed by atoms with Crippen LogP contribution >= 0.6 is 23.4 Å². The van der Waals surface area contributed by atoms with E-state index >= 15 is 0 Å². The molecule has 0 aromatic heterocycles. The molecule has 0 radical (unpaired) electrons. The molecule has 4 heteroatoms. The monoisotopic (exact) mass is 250 g/mol. The highest BCUT2D eigenvalue weighted by atomic mass is 35.5. The van der Waals surface area contributed by atoms with Gasteiger partial charge < -0.3 is 11.5 Å². The van der Waals surface area contributed by atoms with Crippen molar-refractivity contribution in [1.82, 2.24) is 0 Å². The van der Waals surface area contributed by atoms with Crippen LogP contribution in [0.1, 0.15) is 0 Å². The Hall–Kier alpha value is -1.32. The van der Waals surface area contributed by atoms with E-state index in [0.29, 0.717) is 11.4 Å². The molecule has 2 rings (SSSR count). The van der Waals surface area contributed by atoms with Crippen molar-refractivity contribution in [3.05, 3.63) is 47.5 Å². The van der Waals surface area contributed by atoms with Gasteiger partial charge in [0.15, 0.2) is 0 Å². The van der Waals surface area contributed by atoms with E-state index in [1.165, 1.54) is 0 Å². The van der Waals surface area contributed by atoms with Crippen molar-refractivity contribution in [3.63, 3.8) is 0 Å². The molecule has 0 saturated carbocycles. The summed E-state index contributed by atoms with van der Waals surface area (Å²) in [6.45, 7) is 0. The van der Waals surface area contributed by atoms with Gasteiger partial charge in [-0.1, -0.05) is 23.4 Å². The van der Waals surface area contributed by atoms with Gasteiger partial charge in [0.2, 0.25) is 0 Å². The maximum absolute atomic E-state index is 5.87. The van der Waals surface area contributed by atoms with E-state index < -0.39 is 0 Å². The van der Waals surface area contributed by atoms with E-state index in [1.54, 1.807) is 17.8 Å². The van der Waals surface area contributed by atoms with Crippen LogP contribution in [0, 0.1) is 0 Å². The highest BCUT2D eigenvalue weighted by Gasteiger charge is 2.02. The van der Waals surface area contributed by atoms with Crippen molar-refractivity contribution in [2.24, 2.45) is 0 Å². The SMILES string of the molecule is Nc1ccc(Sc2ccc(Cl)cc2)c(N)c1. The fraction of sp³-hybridized carbons (Fsp3) is 0. The van der Waals surface area contributed by atoms with E-state index in [4.69, 9.17) is 23.1 Å². The standard InChI is InChI=1S/C12H11ClN2S/c13-8-1-4-10(5-2-8)16-12-6-3-9(14)7-11(12)15/h1-7H,14-15H2. The lowest BCUT2D eigenvalue weighted by atomic mass is 10.3. The zero-order valence-corrected chi connectivity index (χ0v) is 10.1. The van der Waals surface area contributed by atoms with E-state index in [-0.39, 0.29) is 0 Å². The minimum absolute atomic E-state index is 0.679. The molecule has 0 atom stereocenters. The van der Waals surface area contributed by atoms with Crippen molar-refractivity contribution in [3.8, 4) is 0 Å². The summed E-state index contributed by atoms with van der Waals surface area (Å²) >= 11 is 7.41. The summed E-state index contributed by atoms with van der Waals surface area (Å²) in [4.78, 5) is 2.09. The lowest BCUT2D eigenvalue weighted by Gasteiger charge is -2.06. The third kappa shape index (κ3) is 2.62. The average Bonchev–Trinajstić information content (AvgIpc) is 2.25. The molecular formula is C12H11ClN2S. The first kappa shape index (κ1) is 11.2. The number of halogens is 1. The van der Waals surface area contributed by atoms with Crippen molar-refractivity contribution < 1.29 is 0 Å². The first-order chi connectivity index (χ1) is 7.65. The average molecular weight is 251 g/mol. The van der Waals surface area contributed by atoms with Gasteiger partial charge in [-0.2, -0.15) is 0 Å². The van der Waals surface area contributed by atoms with Crippen molar-refractivity contribution >= 4 is 34.7 Å². The van der Waals surface area contributed by atoms with Crippen LogP contribution in [-0.2, 0) is 0 Å². The van der Waals surface area contributed by atoms with Gasteiger partial charge in [0.1, 0.15) is 0 Å². The second kappa shape index (κ2) is 4.68. The Morgan fingerprint density at radius 3 is 2.25 bits per heavy atom. The van der Waals surface area contributed by atoms with Gasteiger partial charge in [-0.15, -0.1) is 0 Å². The van der Waals surface area contributed by atoms with Gasteiger partial charge >= 0.3 is 0 Å². The Morgan fingerprint density at radius 1 is 0.938 bits per heavy atom. The minimum atomic E-state index is 0.679. The molecule has 0 spiro atoms. The first-order valence-corrected chi connectivity index (χ1v) is 5.93. The molecule has 0 aliphatic carbocycles. The van der Waals surface area contributed by atoms with Gasteiger partial charge in [0.05, 0.1) is 0 Å². The molecule has 2 nitrogen and oxygen atoms in total. The van der Waals surface area contributed by atoms with Gasteiger partial charge in [-0.3, -0.25) is 0 Å². The fourth-order valence-electron chi connectivity index (χ4n) is 1.29. The number of nitrogens with two attached hydrogens (primary N) is 2. The van der Waals surface area contributed by atoms with Crippen LogP contribution in [0.2, 0.25) is 5.02 Å². The van der Waals surface area contributed by atoms with E-state index in [0.717, 1.165) is 14.8 Å². The largest absolute Gasteiger partial charge is 0.399 e. The van der Waals surface area contributed by atoms with Crippen LogP contribution in [0.25, 0.3) is 0 Å². The highest BCUT2D eigenvalue weighted by Crippen LogP contribution is 2.33. The maximum atomic E-state index is 5.87. The molecule has 0 fully saturated rings. The zero-order valence-electron chi connectivity index (χ0n) is 8.48. The number of benzene rings is 2. The molecular weight excluding hydrogens is 240 g/mol. The molecule has 0 heterocycles. The molecule has 0 saturated heterocycles. The van der Waals surface area contributed by atoms with Crippen molar-refractivity contribution in [2.45, 2.75) is 9.79 Å². The molecule has 0 aliphatic rings. The predicted octanol–water partition coefficient (Wildman–Crippen LogP) is 3.66. The third-order valence-electron chi connectivity index (χ3n) is 2.08. The fourth-order valence-corrected chi connectivity index (χ4v) is 2.25. The topological polar surface area (TPSA) is 52.0 Å². The van der Waals surface area contributed by atoms with Crippen LogP contribution in [0.5, 0.6) is 0 Å². The normalized spacial score (nSPS) is 10.3. The summed E-state index contributed by atoms with van der Waals surface area (Å²) in [5.41, 5.74) is 12.9. The molecule has 0 unspecified atom stereocenters. The van der Waals surface area contributed by atoms with Crippen molar-refractivity contribution in [2.75, 3.05) is 11.5 Å². The molecule has 2 aromatic rings. The zero-order chi connectivity index (χ0) is 11.5. The van der Waals surface area contributed by atoms with E-state index in [2.05, 4.69) is 0 Å². The number of hydrogen-bond donors (Lipinski definition) is 2. The molecule has 82 valence electrons. The highest BCUT2D eigenvalue weighted by molar-refractivity contribution is 7.99. The van der Waals surface area contributed by atoms with Crippen LogP contribution in [0.15, 0.2) is 52.3 Å². The van der Waals surface area contributed by atoms with Crippen LogP contribution in [0.3, 0.4) is 0 Å². The molecule has 16 heavy (non-hydrogen) atoms. The molecule has 4 N–H and O–H groups in total. The first-order valence-electron chi connectivity index (χ1n) is 4.73. The summed E-state index contributed by atoms with van der Waals surface area (Å²) in [6, 6.07) is 13.2. The summed E-state index contributed by atoms with van der Waals surface area (Å²) in [7, 11) is 0. The minimum Gasteiger partial charge on any atom is -0.399 e. The lowest BCUT2D eigenvalue weighted by Crippen LogP contribution is -1.91. The molecule has 2 aromatic carbocycles. The summed E-state index contributed by atoms with van der Waals surface area (Å²) in [5, 5.41) is 0.731. The van der Waals surface area contributed by atoms with Gasteiger partial charge in [0.25, 0.3) is 0 Å². The van der Waals surface area contributed by atoms with Crippen LogP contribution < -0.4 is 11.5 Å². The number of rotatable bonds is 2.